The predicted molar refractivity (Wildman–Crippen MR) is 123 cm³/mol. The molecule has 0 aromatic heterocycles. The fourth-order valence-corrected chi connectivity index (χ4v) is 4.44. The molecule has 0 aliphatic carbocycles. The number of nitrogens with zero attached hydrogens (tertiary/aromatic N) is 2. The molecule has 166 valence electrons. The van der Waals surface area contributed by atoms with Gasteiger partial charge in [0, 0.05) is 12.2 Å². The molecule has 6 nitrogen and oxygen atoms in total. The van der Waals surface area contributed by atoms with Crippen LogP contribution in [0, 0.1) is 5.82 Å². The Morgan fingerprint density at radius 1 is 0.818 bits per heavy atom. The molecule has 0 unspecified atom stereocenters. The van der Waals surface area contributed by atoms with Crippen molar-refractivity contribution < 1.29 is 23.5 Å². The number of halogens is 1. The van der Waals surface area contributed by atoms with Crippen LogP contribution in [0.1, 0.15) is 11.1 Å². The van der Waals surface area contributed by atoms with E-state index >= 15 is 0 Å². The van der Waals surface area contributed by atoms with Crippen molar-refractivity contribution in [1.29, 1.82) is 0 Å². The lowest BCUT2D eigenvalue weighted by molar-refractivity contribution is -0.120. The average molecular weight is 444 g/mol. The summed E-state index contributed by atoms with van der Waals surface area (Å²) >= 11 is 0. The first-order chi connectivity index (χ1) is 16.0. The molecule has 2 aliphatic rings. The largest absolute Gasteiger partial charge is 0.493 e. The Balaban J connectivity index is 1.72. The number of amides is 2. The second-order valence-corrected chi connectivity index (χ2v) is 7.72. The molecule has 3 aromatic rings. The summed E-state index contributed by atoms with van der Waals surface area (Å²) in [4.78, 5) is 30.2. The van der Waals surface area contributed by atoms with Crippen molar-refractivity contribution in [3.05, 3.63) is 89.4 Å². The Labute approximate surface area is 190 Å². The number of ether oxygens (including phenoxy) is 2. The van der Waals surface area contributed by atoms with Crippen LogP contribution in [0.3, 0.4) is 0 Å². The third kappa shape index (κ3) is 3.24. The molecule has 0 radical (unpaired) electrons. The van der Waals surface area contributed by atoms with Crippen molar-refractivity contribution in [1.82, 2.24) is 0 Å². The maximum absolute atomic E-state index is 14.7. The lowest BCUT2D eigenvalue weighted by Crippen LogP contribution is -2.35. The van der Waals surface area contributed by atoms with E-state index in [1.165, 1.54) is 32.4 Å². The van der Waals surface area contributed by atoms with Crippen LogP contribution in [-0.4, -0.2) is 32.6 Å². The fraction of sp³-hybridized carbons (Fsp3) is 0.154. The summed E-state index contributed by atoms with van der Waals surface area (Å²) in [6.07, 6.45) is 0.736. The van der Waals surface area contributed by atoms with Crippen molar-refractivity contribution in [2.75, 3.05) is 30.6 Å². The van der Waals surface area contributed by atoms with E-state index in [9.17, 15) is 14.0 Å². The summed E-state index contributed by atoms with van der Waals surface area (Å²) in [6, 6.07) is 18.6. The molecule has 2 aliphatic heterocycles. The molecule has 0 bridgehead atoms. The number of carbonyl (C=O) groups excluding carboxylic acids is 2. The van der Waals surface area contributed by atoms with Gasteiger partial charge in [0.15, 0.2) is 11.5 Å². The molecule has 0 saturated carbocycles. The normalized spacial score (nSPS) is 15.4. The van der Waals surface area contributed by atoms with Crippen molar-refractivity contribution >= 4 is 28.8 Å². The molecule has 5 rings (SSSR count). The Kier molecular flexibility index (Phi) is 5.09. The van der Waals surface area contributed by atoms with Crippen LogP contribution in [0.4, 0.5) is 15.8 Å². The van der Waals surface area contributed by atoms with Crippen molar-refractivity contribution in [2.45, 2.75) is 6.42 Å². The van der Waals surface area contributed by atoms with Crippen LogP contribution in [0.15, 0.2) is 72.4 Å². The molecule has 0 spiro atoms. The Hall–Kier alpha value is -4.13. The molecular formula is C26H21FN2O4. The third-order valence-electron chi connectivity index (χ3n) is 5.98. The molecule has 33 heavy (non-hydrogen) atoms. The molecule has 0 saturated heterocycles. The summed E-state index contributed by atoms with van der Waals surface area (Å²) in [5, 5.41) is 0. The summed E-state index contributed by atoms with van der Waals surface area (Å²) < 4.78 is 25.4. The van der Waals surface area contributed by atoms with Gasteiger partial charge in [0.1, 0.15) is 11.5 Å². The first kappa shape index (κ1) is 20.8. The smallest absolute Gasteiger partial charge is 0.282 e. The van der Waals surface area contributed by atoms with E-state index in [0.717, 1.165) is 22.6 Å². The molecule has 2 heterocycles. The zero-order chi connectivity index (χ0) is 23.1. The molecule has 2 amide bonds. The van der Waals surface area contributed by atoms with Crippen LogP contribution in [0.2, 0.25) is 0 Å². The predicted octanol–water partition coefficient (Wildman–Crippen LogP) is 4.19. The van der Waals surface area contributed by atoms with E-state index in [4.69, 9.17) is 9.47 Å². The number of carbonyl (C=O) groups is 2. The Bertz CT molecular complexity index is 1320. The first-order valence-electron chi connectivity index (χ1n) is 10.5. The maximum atomic E-state index is 14.7. The van der Waals surface area contributed by atoms with E-state index < -0.39 is 17.6 Å². The fourth-order valence-electron chi connectivity index (χ4n) is 4.44. The monoisotopic (exact) mass is 444 g/mol. The summed E-state index contributed by atoms with van der Waals surface area (Å²) in [5.41, 5.74) is 2.78. The van der Waals surface area contributed by atoms with Gasteiger partial charge in [-0.15, -0.1) is 0 Å². The van der Waals surface area contributed by atoms with Gasteiger partial charge in [-0.3, -0.25) is 9.59 Å². The molecule has 0 N–H and O–H groups in total. The second-order valence-electron chi connectivity index (χ2n) is 7.72. The first-order valence-corrected chi connectivity index (χ1v) is 10.5. The standard InChI is InChI=1S/C26H21FN2O4/c1-32-21-12-11-17(15-22(21)33-2)23-24(28-14-13-16-7-3-5-9-19(16)28)26(31)29(25(23)30)20-10-6-4-8-18(20)27/h3-12,15H,13-14H2,1-2H3. The van der Waals surface area contributed by atoms with Gasteiger partial charge >= 0.3 is 0 Å². The van der Waals surface area contributed by atoms with Gasteiger partial charge < -0.3 is 14.4 Å². The van der Waals surface area contributed by atoms with Gasteiger partial charge in [-0.1, -0.05) is 36.4 Å². The number of para-hydroxylation sites is 2. The highest BCUT2D eigenvalue weighted by Crippen LogP contribution is 2.42. The Morgan fingerprint density at radius 2 is 1.52 bits per heavy atom. The van der Waals surface area contributed by atoms with Crippen LogP contribution < -0.4 is 19.3 Å². The molecule has 7 heteroatoms. The quantitative estimate of drug-likeness (QED) is 0.553. The zero-order valence-electron chi connectivity index (χ0n) is 18.2. The zero-order valence-corrected chi connectivity index (χ0v) is 18.2. The number of hydrogen-bond donors (Lipinski definition) is 0. The molecule has 3 aromatic carbocycles. The minimum atomic E-state index is -0.645. The van der Waals surface area contributed by atoms with E-state index in [1.54, 1.807) is 24.3 Å². The highest BCUT2D eigenvalue weighted by atomic mass is 19.1. The van der Waals surface area contributed by atoms with Gasteiger partial charge in [-0.05, 0) is 47.9 Å². The minimum absolute atomic E-state index is 0.0760. The van der Waals surface area contributed by atoms with Crippen LogP contribution in [-0.2, 0) is 16.0 Å². The number of rotatable bonds is 5. The summed E-state index contributed by atoms with van der Waals surface area (Å²) in [5.74, 6) is -0.872. The number of hydrogen-bond acceptors (Lipinski definition) is 5. The average Bonchev–Trinajstić information content (AvgIpc) is 3.37. The van der Waals surface area contributed by atoms with Crippen LogP contribution in [0.25, 0.3) is 5.57 Å². The Morgan fingerprint density at radius 3 is 2.24 bits per heavy atom. The van der Waals surface area contributed by atoms with E-state index in [2.05, 4.69) is 0 Å². The topological polar surface area (TPSA) is 59.1 Å². The number of fused-ring (bicyclic) bond motifs is 1. The van der Waals surface area contributed by atoms with Crippen LogP contribution >= 0.6 is 0 Å². The molecule has 0 atom stereocenters. The number of anilines is 2. The van der Waals surface area contributed by atoms with Gasteiger partial charge in [-0.25, -0.2) is 9.29 Å². The minimum Gasteiger partial charge on any atom is -0.493 e. The van der Waals surface area contributed by atoms with E-state index in [0.29, 0.717) is 23.6 Å². The van der Waals surface area contributed by atoms with Crippen molar-refractivity contribution in [3.63, 3.8) is 0 Å². The molecule has 0 fully saturated rings. The van der Waals surface area contributed by atoms with Crippen LogP contribution in [0.5, 0.6) is 11.5 Å². The highest BCUT2D eigenvalue weighted by Gasteiger charge is 2.45. The van der Waals surface area contributed by atoms with Crippen molar-refractivity contribution in [3.8, 4) is 11.5 Å². The van der Waals surface area contributed by atoms with Gasteiger partial charge in [0.25, 0.3) is 11.8 Å². The van der Waals surface area contributed by atoms with Crippen molar-refractivity contribution in [2.24, 2.45) is 0 Å². The van der Waals surface area contributed by atoms with E-state index in [1.807, 2.05) is 29.2 Å². The number of imide groups is 1. The lowest BCUT2D eigenvalue weighted by atomic mass is 10.0. The lowest BCUT2D eigenvalue weighted by Gasteiger charge is -2.22. The summed E-state index contributed by atoms with van der Waals surface area (Å²) in [7, 11) is 3.02. The number of benzene rings is 3. The third-order valence-corrected chi connectivity index (χ3v) is 5.98. The van der Waals surface area contributed by atoms with Gasteiger partial charge in [0.05, 0.1) is 25.5 Å². The highest BCUT2D eigenvalue weighted by molar-refractivity contribution is 6.46. The van der Waals surface area contributed by atoms with Gasteiger partial charge in [-0.2, -0.15) is 0 Å². The molecular weight excluding hydrogens is 423 g/mol. The second kappa shape index (κ2) is 8.09. The number of methoxy groups -OCH3 is 2. The van der Waals surface area contributed by atoms with E-state index in [-0.39, 0.29) is 17.0 Å². The van der Waals surface area contributed by atoms with Gasteiger partial charge in [0.2, 0.25) is 0 Å². The maximum Gasteiger partial charge on any atom is 0.282 e. The SMILES string of the molecule is COc1ccc(C2=C(N3CCc4ccccc43)C(=O)N(c3ccccc3F)C2=O)cc1OC. The summed E-state index contributed by atoms with van der Waals surface area (Å²) in [6.45, 7) is 0.537.